The third kappa shape index (κ3) is 6.20. The van der Waals surface area contributed by atoms with Crippen LogP contribution < -0.4 is 15.5 Å². The molecule has 2 saturated heterocycles. The van der Waals surface area contributed by atoms with Crippen LogP contribution in [0.2, 0.25) is 5.02 Å². The van der Waals surface area contributed by atoms with Crippen molar-refractivity contribution < 1.29 is 18.8 Å². The van der Waals surface area contributed by atoms with Crippen LogP contribution in [0.1, 0.15) is 40.0 Å². The summed E-state index contributed by atoms with van der Waals surface area (Å²) < 4.78 is 14.0. The van der Waals surface area contributed by atoms with Gasteiger partial charge in [-0.15, -0.1) is 0 Å². The van der Waals surface area contributed by atoms with Gasteiger partial charge in [0.25, 0.3) is 11.8 Å². The van der Waals surface area contributed by atoms with E-state index in [1.54, 1.807) is 53.4 Å². The maximum absolute atomic E-state index is 14.0. The molecule has 10 heteroatoms. The summed E-state index contributed by atoms with van der Waals surface area (Å²) in [4.78, 5) is 44.9. The molecule has 0 aliphatic carbocycles. The third-order valence-corrected chi connectivity index (χ3v) is 7.60. The van der Waals surface area contributed by atoms with E-state index in [0.29, 0.717) is 61.1 Å². The molecule has 5 rings (SSSR count). The average molecular weight is 564 g/mol. The molecule has 0 radical (unpaired) electrons. The molecule has 3 aromatic carbocycles. The summed E-state index contributed by atoms with van der Waals surface area (Å²) in [5.74, 6) is -0.926. The highest BCUT2D eigenvalue weighted by molar-refractivity contribution is 6.34. The summed E-state index contributed by atoms with van der Waals surface area (Å²) in [6.45, 7) is 3.19. The first-order chi connectivity index (χ1) is 19.4. The Morgan fingerprint density at radius 1 is 0.725 bits per heavy atom. The van der Waals surface area contributed by atoms with E-state index in [2.05, 4.69) is 15.5 Å². The summed E-state index contributed by atoms with van der Waals surface area (Å²) in [5, 5.41) is 5.85. The minimum atomic E-state index is -0.489. The van der Waals surface area contributed by atoms with Gasteiger partial charge in [-0.3, -0.25) is 9.59 Å². The molecule has 2 fully saturated rings. The van der Waals surface area contributed by atoms with Gasteiger partial charge in [-0.1, -0.05) is 35.9 Å². The maximum Gasteiger partial charge on any atom is 0.322 e. The number of carbonyl (C=O) groups excluding carboxylic acids is 3. The van der Waals surface area contributed by atoms with Gasteiger partial charge < -0.3 is 25.3 Å². The average Bonchev–Trinajstić information content (AvgIpc) is 2.98. The Kier molecular flexibility index (Phi) is 8.50. The zero-order valence-corrected chi connectivity index (χ0v) is 22.8. The lowest BCUT2D eigenvalue weighted by molar-refractivity contribution is 0.0724. The summed E-state index contributed by atoms with van der Waals surface area (Å²) >= 11 is 6.20. The van der Waals surface area contributed by atoms with Crippen molar-refractivity contribution in [3.05, 3.63) is 88.7 Å². The number of halogens is 2. The number of hydrogen-bond donors (Lipinski definition) is 2. The second-order valence-corrected chi connectivity index (χ2v) is 10.3. The Balaban J connectivity index is 1.33. The Bertz CT molecular complexity index is 1400. The van der Waals surface area contributed by atoms with E-state index in [4.69, 9.17) is 11.6 Å². The first-order valence-corrected chi connectivity index (χ1v) is 13.8. The second-order valence-electron chi connectivity index (χ2n) is 9.90. The molecule has 40 heavy (non-hydrogen) atoms. The van der Waals surface area contributed by atoms with E-state index in [9.17, 15) is 18.8 Å². The quantitative estimate of drug-likeness (QED) is 0.416. The van der Waals surface area contributed by atoms with Crippen LogP contribution in [0.15, 0.2) is 66.7 Å². The van der Waals surface area contributed by atoms with Crippen molar-refractivity contribution in [1.29, 1.82) is 0 Å². The van der Waals surface area contributed by atoms with Crippen molar-refractivity contribution in [2.45, 2.75) is 19.3 Å². The van der Waals surface area contributed by atoms with E-state index in [-0.39, 0.29) is 23.5 Å². The number of hydrogen-bond acceptors (Lipinski definition) is 4. The van der Waals surface area contributed by atoms with Crippen molar-refractivity contribution in [2.75, 3.05) is 54.8 Å². The van der Waals surface area contributed by atoms with E-state index in [1.165, 1.54) is 12.1 Å². The fourth-order valence-electron chi connectivity index (χ4n) is 5.08. The molecule has 3 aromatic rings. The van der Waals surface area contributed by atoms with Gasteiger partial charge in [0.15, 0.2) is 0 Å². The molecule has 2 aliphatic heterocycles. The number of nitrogens with zero attached hydrogens (tertiary/aromatic N) is 3. The molecule has 0 bridgehead atoms. The van der Waals surface area contributed by atoms with Crippen LogP contribution in [-0.2, 0) is 0 Å². The normalized spacial score (nSPS) is 15.5. The van der Waals surface area contributed by atoms with Crippen LogP contribution in [0, 0.1) is 5.82 Å². The monoisotopic (exact) mass is 563 g/mol. The lowest BCUT2D eigenvalue weighted by Gasteiger charge is -2.37. The zero-order valence-electron chi connectivity index (χ0n) is 22.0. The molecule has 0 aromatic heterocycles. The molecule has 0 unspecified atom stereocenters. The number of anilines is 3. The van der Waals surface area contributed by atoms with Crippen LogP contribution in [0.4, 0.5) is 26.2 Å². The molecule has 0 saturated carbocycles. The Morgan fingerprint density at radius 3 is 2.15 bits per heavy atom. The highest BCUT2D eigenvalue weighted by Crippen LogP contribution is 2.29. The standard InChI is InChI=1S/C30H31ClFN5O3/c31-24-9-3-2-8-22(24)28(38)33-21-12-13-27(23(20-21)29(39)36-14-6-1-7-15-36)35-16-18-37(19-17-35)30(40)34-26-11-5-4-10-25(26)32/h2-5,8-13,20H,1,6-7,14-19H2,(H,33,38)(H,34,40). The maximum atomic E-state index is 14.0. The van der Waals surface area contributed by atoms with Crippen molar-refractivity contribution in [3.63, 3.8) is 0 Å². The highest BCUT2D eigenvalue weighted by Gasteiger charge is 2.27. The van der Waals surface area contributed by atoms with E-state index in [1.807, 2.05) is 11.0 Å². The molecule has 2 N–H and O–H groups in total. The van der Waals surface area contributed by atoms with Gasteiger partial charge >= 0.3 is 6.03 Å². The molecule has 0 spiro atoms. The number of carbonyl (C=O) groups is 3. The van der Waals surface area contributed by atoms with Crippen molar-refractivity contribution in [2.24, 2.45) is 0 Å². The first-order valence-electron chi connectivity index (χ1n) is 13.5. The molecule has 2 heterocycles. The van der Waals surface area contributed by atoms with Crippen LogP contribution in [0.25, 0.3) is 0 Å². The number of benzene rings is 3. The second kappa shape index (κ2) is 12.4. The largest absolute Gasteiger partial charge is 0.367 e. The third-order valence-electron chi connectivity index (χ3n) is 7.27. The summed E-state index contributed by atoms with van der Waals surface area (Å²) in [7, 11) is 0. The number of para-hydroxylation sites is 1. The van der Waals surface area contributed by atoms with E-state index >= 15 is 0 Å². The van der Waals surface area contributed by atoms with Gasteiger partial charge in [0.05, 0.1) is 21.8 Å². The molecular formula is C30H31ClFN5O3. The van der Waals surface area contributed by atoms with Crippen LogP contribution >= 0.6 is 11.6 Å². The number of urea groups is 1. The number of likely N-dealkylation sites (tertiary alicyclic amines) is 1. The number of amides is 4. The molecule has 208 valence electrons. The Labute approximate surface area is 237 Å². The summed E-state index contributed by atoms with van der Waals surface area (Å²) in [6.07, 6.45) is 3.01. The molecular weight excluding hydrogens is 533 g/mol. The molecule has 4 amide bonds. The van der Waals surface area contributed by atoms with Crippen molar-refractivity contribution in [3.8, 4) is 0 Å². The highest BCUT2D eigenvalue weighted by atomic mass is 35.5. The zero-order chi connectivity index (χ0) is 28.1. The SMILES string of the molecule is O=C(Nc1ccc(N2CCN(C(=O)Nc3ccccc3F)CC2)c(C(=O)N2CCCCC2)c1)c1ccccc1Cl. The molecule has 0 atom stereocenters. The number of rotatable bonds is 5. The molecule has 2 aliphatic rings. The van der Waals surface area contributed by atoms with Crippen LogP contribution in [0.5, 0.6) is 0 Å². The van der Waals surface area contributed by atoms with Gasteiger partial charge in [0.2, 0.25) is 0 Å². The van der Waals surface area contributed by atoms with E-state index < -0.39 is 5.82 Å². The van der Waals surface area contributed by atoms with Crippen LogP contribution in [0.3, 0.4) is 0 Å². The van der Waals surface area contributed by atoms with Crippen molar-refractivity contribution in [1.82, 2.24) is 9.80 Å². The smallest absolute Gasteiger partial charge is 0.322 e. The first kappa shape index (κ1) is 27.5. The minimum Gasteiger partial charge on any atom is -0.367 e. The fraction of sp³-hybridized carbons (Fsp3) is 0.300. The fourth-order valence-corrected chi connectivity index (χ4v) is 5.30. The van der Waals surface area contributed by atoms with Gasteiger partial charge in [0.1, 0.15) is 5.82 Å². The number of piperazine rings is 1. The van der Waals surface area contributed by atoms with Gasteiger partial charge in [-0.25, -0.2) is 9.18 Å². The van der Waals surface area contributed by atoms with Crippen LogP contribution in [-0.4, -0.2) is 66.9 Å². The number of nitrogens with one attached hydrogen (secondary N) is 2. The topological polar surface area (TPSA) is 85.0 Å². The number of piperidine rings is 1. The lowest BCUT2D eigenvalue weighted by Crippen LogP contribution is -2.50. The summed E-state index contributed by atoms with van der Waals surface area (Å²) in [6, 6.07) is 17.8. The minimum absolute atomic E-state index is 0.0803. The van der Waals surface area contributed by atoms with Gasteiger partial charge in [-0.2, -0.15) is 0 Å². The summed E-state index contributed by atoms with van der Waals surface area (Å²) in [5.41, 5.74) is 2.24. The van der Waals surface area contributed by atoms with Crippen molar-refractivity contribution >= 4 is 46.5 Å². The lowest BCUT2D eigenvalue weighted by atomic mass is 10.1. The Morgan fingerprint density at radius 2 is 1.43 bits per heavy atom. The van der Waals surface area contributed by atoms with Gasteiger partial charge in [0, 0.05) is 50.6 Å². The predicted octanol–water partition coefficient (Wildman–Crippen LogP) is 5.71. The van der Waals surface area contributed by atoms with Gasteiger partial charge in [-0.05, 0) is 61.7 Å². The predicted molar refractivity (Wildman–Crippen MR) is 155 cm³/mol. The Hall–Kier alpha value is -4.11. The molecule has 8 nitrogen and oxygen atoms in total. The van der Waals surface area contributed by atoms with E-state index in [0.717, 1.165) is 24.9 Å².